The molecule has 4 nitrogen and oxygen atoms in total. The minimum Gasteiger partial charge on any atom is -0.384 e. The van der Waals surface area contributed by atoms with Crippen molar-refractivity contribution in [3.8, 4) is 0 Å². The maximum absolute atomic E-state index is 13.2. The molecule has 1 unspecified atom stereocenters. The van der Waals surface area contributed by atoms with E-state index in [1.807, 2.05) is 55.5 Å². The molecule has 3 aromatic rings. The third-order valence-electron chi connectivity index (χ3n) is 4.02. The number of rotatable bonds is 6. The molecular formula is C19H19BrN2O2S. The van der Waals surface area contributed by atoms with Gasteiger partial charge in [-0.1, -0.05) is 58.0 Å². The predicted molar refractivity (Wildman–Crippen MR) is 107 cm³/mol. The lowest BCUT2D eigenvalue weighted by Crippen LogP contribution is -2.27. The Hall–Kier alpha value is -1.63. The standard InChI is InChI=1S/C19H19BrN2O2S/c1-13(14-6-4-3-5-7-14)22-18(23)16-12-15(20)8-9-17(16)21-19(22)25-11-10-24-2/h3-9,12-13H,10-11H2,1-2H3. The summed E-state index contributed by atoms with van der Waals surface area (Å²) in [4.78, 5) is 18.0. The maximum Gasteiger partial charge on any atom is 0.262 e. The summed E-state index contributed by atoms with van der Waals surface area (Å²) in [6.45, 7) is 2.64. The number of halogens is 1. The summed E-state index contributed by atoms with van der Waals surface area (Å²) in [7, 11) is 1.67. The van der Waals surface area contributed by atoms with Crippen molar-refractivity contribution >= 4 is 38.6 Å². The van der Waals surface area contributed by atoms with Crippen LogP contribution in [0.3, 0.4) is 0 Å². The molecule has 3 rings (SSSR count). The molecule has 0 bridgehead atoms. The smallest absolute Gasteiger partial charge is 0.262 e. The number of methoxy groups -OCH3 is 1. The van der Waals surface area contributed by atoms with E-state index in [2.05, 4.69) is 15.9 Å². The van der Waals surface area contributed by atoms with Gasteiger partial charge in [0.2, 0.25) is 0 Å². The molecule has 0 N–H and O–H groups in total. The fourth-order valence-electron chi connectivity index (χ4n) is 2.69. The van der Waals surface area contributed by atoms with Crippen molar-refractivity contribution in [2.24, 2.45) is 0 Å². The SMILES string of the molecule is COCCSc1nc2ccc(Br)cc2c(=O)n1C(C)c1ccccc1. The molecule has 25 heavy (non-hydrogen) atoms. The van der Waals surface area contributed by atoms with Crippen LogP contribution in [0.2, 0.25) is 0 Å². The minimum absolute atomic E-state index is 0.0254. The Labute approximate surface area is 159 Å². The molecule has 0 saturated carbocycles. The second kappa shape index (κ2) is 8.17. The third kappa shape index (κ3) is 3.97. The van der Waals surface area contributed by atoms with Gasteiger partial charge >= 0.3 is 0 Å². The zero-order valence-corrected chi connectivity index (χ0v) is 16.5. The van der Waals surface area contributed by atoms with Gasteiger partial charge in [-0.25, -0.2) is 4.98 Å². The first kappa shape index (κ1) is 18.2. The van der Waals surface area contributed by atoms with Crippen LogP contribution in [0.5, 0.6) is 0 Å². The Morgan fingerprint density at radius 3 is 2.72 bits per heavy atom. The van der Waals surface area contributed by atoms with Crippen LogP contribution < -0.4 is 5.56 Å². The lowest BCUT2D eigenvalue weighted by molar-refractivity contribution is 0.218. The van der Waals surface area contributed by atoms with Gasteiger partial charge in [0.25, 0.3) is 5.56 Å². The summed E-state index contributed by atoms with van der Waals surface area (Å²) < 4.78 is 7.79. The molecule has 0 saturated heterocycles. The average Bonchev–Trinajstić information content (AvgIpc) is 2.63. The number of hydrogen-bond donors (Lipinski definition) is 0. The monoisotopic (exact) mass is 418 g/mol. The van der Waals surface area contributed by atoms with E-state index in [0.29, 0.717) is 22.7 Å². The number of benzene rings is 2. The molecule has 1 atom stereocenters. The molecular weight excluding hydrogens is 400 g/mol. The highest BCUT2D eigenvalue weighted by atomic mass is 79.9. The molecule has 0 aliphatic heterocycles. The van der Waals surface area contributed by atoms with Gasteiger partial charge in [0.1, 0.15) is 0 Å². The molecule has 0 aliphatic rings. The van der Waals surface area contributed by atoms with Crippen molar-refractivity contribution in [2.75, 3.05) is 19.5 Å². The van der Waals surface area contributed by atoms with E-state index < -0.39 is 0 Å². The molecule has 0 aliphatic carbocycles. The first-order valence-electron chi connectivity index (χ1n) is 8.00. The second-order valence-electron chi connectivity index (χ2n) is 5.66. The van der Waals surface area contributed by atoms with Gasteiger partial charge in [-0.05, 0) is 30.7 Å². The van der Waals surface area contributed by atoms with E-state index in [1.54, 1.807) is 23.4 Å². The number of ether oxygens (including phenoxy) is 1. The molecule has 1 heterocycles. The Bertz CT molecular complexity index is 928. The summed E-state index contributed by atoms with van der Waals surface area (Å²) >= 11 is 4.99. The summed E-state index contributed by atoms with van der Waals surface area (Å²) in [5, 5.41) is 1.33. The van der Waals surface area contributed by atoms with Crippen molar-refractivity contribution in [2.45, 2.75) is 18.1 Å². The molecule has 0 amide bonds. The zero-order chi connectivity index (χ0) is 17.8. The summed E-state index contributed by atoms with van der Waals surface area (Å²) in [5.41, 5.74) is 1.77. The highest BCUT2D eigenvalue weighted by Crippen LogP contribution is 2.25. The number of fused-ring (bicyclic) bond motifs is 1. The van der Waals surface area contributed by atoms with Crippen LogP contribution in [-0.4, -0.2) is 29.0 Å². The minimum atomic E-state index is -0.102. The Morgan fingerprint density at radius 2 is 2.00 bits per heavy atom. The van der Waals surface area contributed by atoms with Crippen LogP contribution in [0.1, 0.15) is 18.5 Å². The average molecular weight is 419 g/mol. The maximum atomic E-state index is 13.2. The van der Waals surface area contributed by atoms with Gasteiger partial charge < -0.3 is 4.74 Å². The van der Waals surface area contributed by atoms with Crippen LogP contribution >= 0.6 is 27.7 Å². The predicted octanol–water partition coefficient (Wildman–Crippen LogP) is 4.51. The highest BCUT2D eigenvalue weighted by molar-refractivity contribution is 9.10. The third-order valence-corrected chi connectivity index (χ3v) is 5.43. The first-order chi connectivity index (χ1) is 12.1. The van der Waals surface area contributed by atoms with Crippen LogP contribution in [0, 0.1) is 0 Å². The second-order valence-corrected chi connectivity index (χ2v) is 7.64. The van der Waals surface area contributed by atoms with E-state index in [9.17, 15) is 4.79 Å². The van der Waals surface area contributed by atoms with E-state index >= 15 is 0 Å². The number of hydrogen-bond acceptors (Lipinski definition) is 4. The van der Waals surface area contributed by atoms with Gasteiger partial charge in [-0.15, -0.1) is 0 Å². The van der Waals surface area contributed by atoms with E-state index in [4.69, 9.17) is 9.72 Å². The topological polar surface area (TPSA) is 44.1 Å². The van der Waals surface area contributed by atoms with Crippen molar-refractivity contribution in [3.63, 3.8) is 0 Å². The van der Waals surface area contributed by atoms with Crippen molar-refractivity contribution in [1.82, 2.24) is 9.55 Å². The molecule has 130 valence electrons. The number of nitrogens with zero attached hydrogens (tertiary/aromatic N) is 2. The summed E-state index contributed by atoms with van der Waals surface area (Å²) in [5.74, 6) is 0.743. The molecule has 0 spiro atoms. The van der Waals surface area contributed by atoms with Gasteiger partial charge in [0.15, 0.2) is 5.16 Å². The van der Waals surface area contributed by atoms with Crippen molar-refractivity contribution in [3.05, 3.63) is 68.9 Å². The van der Waals surface area contributed by atoms with E-state index in [0.717, 1.165) is 15.8 Å². The quantitative estimate of drug-likeness (QED) is 0.335. The molecule has 2 aromatic carbocycles. The van der Waals surface area contributed by atoms with Gasteiger partial charge in [-0.3, -0.25) is 9.36 Å². The molecule has 1 aromatic heterocycles. The molecule has 6 heteroatoms. The fraction of sp³-hybridized carbons (Fsp3) is 0.263. The Kier molecular flexibility index (Phi) is 5.93. The first-order valence-corrected chi connectivity index (χ1v) is 9.78. The largest absolute Gasteiger partial charge is 0.384 e. The van der Waals surface area contributed by atoms with Gasteiger partial charge in [0, 0.05) is 17.3 Å². The lowest BCUT2D eigenvalue weighted by Gasteiger charge is -2.20. The van der Waals surface area contributed by atoms with Crippen LogP contribution in [0.25, 0.3) is 10.9 Å². The number of aromatic nitrogens is 2. The van der Waals surface area contributed by atoms with Crippen LogP contribution in [0.4, 0.5) is 0 Å². The Balaban J connectivity index is 2.17. The summed E-state index contributed by atoms with van der Waals surface area (Å²) in [6, 6.07) is 15.5. The lowest BCUT2D eigenvalue weighted by atomic mass is 10.1. The zero-order valence-electron chi connectivity index (χ0n) is 14.1. The van der Waals surface area contributed by atoms with Crippen molar-refractivity contribution in [1.29, 1.82) is 0 Å². The normalized spacial score (nSPS) is 12.4. The van der Waals surface area contributed by atoms with E-state index in [-0.39, 0.29) is 11.6 Å². The summed E-state index contributed by atoms with van der Waals surface area (Å²) in [6.07, 6.45) is 0. The number of thioether (sulfide) groups is 1. The fourth-order valence-corrected chi connectivity index (χ4v) is 4.03. The van der Waals surface area contributed by atoms with Crippen LogP contribution in [-0.2, 0) is 4.74 Å². The Morgan fingerprint density at radius 1 is 1.24 bits per heavy atom. The van der Waals surface area contributed by atoms with Crippen LogP contribution in [0.15, 0.2) is 63.0 Å². The molecule has 0 radical (unpaired) electrons. The molecule has 0 fully saturated rings. The highest BCUT2D eigenvalue weighted by Gasteiger charge is 2.18. The van der Waals surface area contributed by atoms with E-state index in [1.165, 1.54) is 0 Å². The van der Waals surface area contributed by atoms with Gasteiger partial charge in [0.05, 0.1) is 23.6 Å². The van der Waals surface area contributed by atoms with Gasteiger partial charge in [-0.2, -0.15) is 0 Å². The van der Waals surface area contributed by atoms with Crippen molar-refractivity contribution < 1.29 is 4.74 Å².